The minimum Gasteiger partial charge on any atom is -0.489 e. The first-order valence-electron chi connectivity index (χ1n) is 15.8. The molecule has 0 heterocycles. The van der Waals surface area contributed by atoms with Crippen LogP contribution < -0.4 is 22.4 Å². The van der Waals surface area contributed by atoms with Crippen molar-refractivity contribution in [2.75, 3.05) is 6.61 Å². The summed E-state index contributed by atoms with van der Waals surface area (Å²) in [6, 6.07) is 16.8. The second-order valence-electron chi connectivity index (χ2n) is 11.0. The molecule has 1 amide bonds. The molecule has 2 aromatic carbocycles. The van der Waals surface area contributed by atoms with E-state index in [1.807, 2.05) is 54.6 Å². The molecule has 0 aromatic heterocycles. The van der Waals surface area contributed by atoms with Gasteiger partial charge in [-0.15, -0.1) is 0 Å². The number of ether oxygens (including phenoxy) is 1. The summed E-state index contributed by atoms with van der Waals surface area (Å²) < 4.78 is 21.8. The number of nitrogens with one attached hydrogen (secondary N) is 1. The van der Waals surface area contributed by atoms with Gasteiger partial charge in [0, 0.05) is 6.42 Å². The number of phosphoric acid groups is 1. The van der Waals surface area contributed by atoms with Crippen LogP contribution in [0.15, 0.2) is 66.7 Å². The van der Waals surface area contributed by atoms with Crippen LogP contribution in [-0.4, -0.2) is 28.3 Å². The zero-order chi connectivity index (χ0) is 30.3. The first-order chi connectivity index (χ1) is 20.4. The Kier molecular flexibility index (Phi) is 24.3. The number of unbranched alkanes of at least 4 members (excludes halogenated alkanes) is 11. The fourth-order valence-electron chi connectivity index (χ4n) is 4.74. The molecule has 0 saturated heterocycles. The van der Waals surface area contributed by atoms with Crippen molar-refractivity contribution in [2.24, 2.45) is 0 Å². The molecule has 2 rings (SSSR count). The van der Waals surface area contributed by atoms with E-state index in [-0.39, 0.29) is 24.8 Å². The van der Waals surface area contributed by atoms with Crippen molar-refractivity contribution in [1.29, 1.82) is 0 Å². The lowest BCUT2D eigenvalue weighted by atomic mass is 10.1. The molecule has 9 nitrogen and oxygen atoms in total. The van der Waals surface area contributed by atoms with E-state index >= 15 is 0 Å². The molecule has 9 N–H and O–H groups in total. The Bertz CT molecular complexity index is 1050. The highest BCUT2D eigenvalue weighted by molar-refractivity contribution is 7.46. The maximum atomic E-state index is 12.6. The van der Waals surface area contributed by atoms with E-state index in [9.17, 15) is 9.36 Å². The maximum absolute atomic E-state index is 12.6. The number of benzene rings is 2. The largest absolute Gasteiger partial charge is 0.489 e. The summed E-state index contributed by atoms with van der Waals surface area (Å²) in [5.74, 6) is 0.591. The van der Waals surface area contributed by atoms with Gasteiger partial charge in [-0.3, -0.25) is 9.32 Å². The molecule has 250 valence electrons. The second-order valence-corrected chi connectivity index (χ2v) is 12.2. The zero-order valence-electron chi connectivity index (χ0n) is 26.8. The highest BCUT2D eigenvalue weighted by Gasteiger charge is 2.20. The molecule has 0 unspecified atom stereocenters. The molecule has 0 spiro atoms. The van der Waals surface area contributed by atoms with Gasteiger partial charge < -0.3 is 32.1 Å². The Labute approximate surface area is 265 Å². The van der Waals surface area contributed by atoms with E-state index in [2.05, 4.69) is 24.4 Å². The van der Waals surface area contributed by atoms with E-state index in [1.165, 1.54) is 51.4 Å². The number of carbonyl (C=O) groups excluding carboxylic acids is 1. The van der Waals surface area contributed by atoms with Crippen molar-refractivity contribution >= 4 is 13.7 Å². The van der Waals surface area contributed by atoms with E-state index in [0.717, 1.165) is 49.0 Å². The molecule has 10 heteroatoms. The first-order valence-corrected chi connectivity index (χ1v) is 17.3. The van der Waals surface area contributed by atoms with Crippen LogP contribution in [0.2, 0.25) is 0 Å². The van der Waals surface area contributed by atoms with Gasteiger partial charge in [-0.2, -0.15) is 0 Å². The van der Waals surface area contributed by atoms with Gasteiger partial charge >= 0.3 is 7.82 Å². The van der Waals surface area contributed by atoms with Crippen LogP contribution in [0.1, 0.15) is 108 Å². The Balaban J connectivity index is 0.00000924. The van der Waals surface area contributed by atoms with Crippen LogP contribution in [-0.2, 0) is 26.9 Å². The van der Waals surface area contributed by atoms with Crippen LogP contribution in [0.4, 0.5) is 0 Å². The Morgan fingerprint density at radius 3 is 1.95 bits per heavy atom. The molecule has 0 aliphatic carbocycles. The molecule has 1 atom stereocenters. The van der Waals surface area contributed by atoms with E-state index in [4.69, 9.17) is 19.0 Å². The molecule has 44 heavy (non-hydrogen) atoms. The average Bonchev–Trinajstić information content (AvgIpc) is 2.97. The minimum atomic E-state index is -4.64. The summed E-state index contributed by atoms with van der Waals surface area (Å²) in [7, 11) is -4.64. The summed E-state index contributed by atoms with van der Waals surface area (Å²) >= 11 is 0. The standard InChI is InChI=1S/C34H52NO6P.2H3N/c1-2-3-4-5-6-7-8-9-10-11-12-13-14-15-19-22-34(36)35-32(29-41-42(37,38)39)27-30-23-25-33(26-24-30)40-28-31-20-17-16-18-21-31;;/h9-10,16-18,20-21,23-26,32H,2-8,11-15,19,22,27-29H2,1H3,(H,35,36)(H2,37,38,39);2*1H3/t32-;;/m0../s1. The van der Waals surface area contributed by atoms with Gasteiger partial charge in [0.2, 0.25) is 5.91 Å². The normalized spacial score (nSPS) is 11.9. The molecule has 0 radical (unpaired) electrons. The topological polar surface area (TPSA) is 175 Å². The molecular formula is C34H58N3O6P. The van der Waals surface area contributed by atoms with Crippen LogP contribution >= 0.6 is 7.82 Å². The lowest BCUT2D eigenvalue weighted by molar-refractivity contribution is -0.122. The summed E-state index contributed by atoms with van der Waals surface area (Å²) in [5.41, 5.74) is 1.98. The van der Waals surface area contributed by atoms with Gasteiger partial charge in [0.15, 0.2) is 0 Å². The predicted molar refractivity (Wildman–Crippen MR) is 180 cm³/mol. The van der Waals surface area contributed by atoms with Crippen LogP contribution in [0, 0.1) is 0 Å². The molecule has 0 fully saturated rings. The van der Waals surface area contributed by atoms with E-state index in [0.29, 0.717) is 19.4 Å². The Morgan fingerprint density at radius 2 is 1.36 bits per heavy atom. The van der Waals surface area contributed by atoms with Gasteiger partial charge in [-0.25, -0.2) is 4.57 Å². The number of phosphoric ester groups is 1. The van der Waals surface area contributed by atoms with Crippen molar-refractivity contribution in [3.63, 3.8) is 0 Å². The molecular weight excluding hydrogens is 577 g/mol. The monoisotopic (exact) mass is 635 g/mol. The fraction of sp³-hybridized carbons (Fsp3) is 0.559. The summed E-state index contributed by atoms with van der Waals surface area (Å²) in [4.78, 5) is 30.9. The third-order valence-electron chi connectivity index (χ3n) is 7.13. The van der Waals surface area contributed by atoms with Gasteiger partial charge in [-0.05, 0) is 61.8 Å². The number of amides is 1. The SMILES string of the molecule is CCCCCCCCC=CCCCCCCCC(=O)N[C@H](COP(=O)(O)O)Cc1ccc(OCc2ccccc2)cc1.N.N. The van der Waals surface area contributed by atoms with Gasteiger partial charge in [0.05, 0.1) is 12.6 Å². The first kappa shape index (κ1) is 41.5. The quantitative estimate of drug-likeness (QED) is 0.0432. The number of carbonyl (C=O) groups is 1. The predicted octanol–water partition coefficient (Wildman–Crippen LogP) is 8.76. The van der Waals surface area contributed by atoms with Crippen molar-refractivity contribution < 1.29 is 28.4 Å². The third kappa shape index (κ3) is 22.1. The zero-order valence-corrected chi connectivity index (χ0v) is 27.7. The van der Waals surface area contributed by atoms with Gasteiger partial charge in [0.25, 0.3) is 0 Å². The molecule has 2 aromatic rings. The Morgan fingerprint density at radius 1 is 0.795 bits per heavy atom. The van der Waals surface area contributed by atoms with Gasteiger partial charge in [0.1, 0.15) is 12.4 Å². The molecule has 0 bridgehead atoms. The smallest absolute Gasteiger partial charge is 0.469 e. The number of allylic oxidation sites excluding steroid dienone is 2. The second kappa shape index (κ2) is 25.8. The summed E-state index contributed by atoms with van der Waals surface area (Å²) in [6.45, 7) is 2.44. The fourth-order valence-corrected chi connectivity index (χ4v) is 5.12. The minimum absolute atomic E-state index is 0. The van der Waals surface area contributed by atoms with Gasteiger partial charge in [-0.1, -0.05) is 113 Å². The van der Waals surface area contributed by atoms with Crippen molar-refractivity contribution in [1.82, 2.24) is 17.6 Å². The third-order valence-corrected chi connectivity index (χ3v) is 7.61. The van der Waals surface area contributed by atoms with Crippen molar-refractivity contribution in [3.8, 4) is 5.75 Å². The van der Waals surface area contributed by atoms with E-state index < -0.39 is 13.9 Å². The molecule has 0 aliphatic heterocycles. The summed E-state index contributed by atoms with van der Waals surface area (Å²) in [5, 5.41) is 2.90. The van der Waals surface area contributed by atoms with Crippen molar-refractivity contribution in [2.45, 2.75) is 116 Å². The van der Waals surface area contributed by atoms with Crippen LogP contribution in [0.3, 0.4) is 0 Å². The molecule has 0 aliphatic rings. The summed E-state index contributed by atoms with van der Waals surface area (Å²) in [6.07, 6.45) is 21.0. The van der Waals surface area contributed by atoms with Crippen LogP contribution in [0.25, 0.3) is 0 Å². The number of rotatable bonds is 24. The van der Waals surface area contributed by atoms with E-state index in [1.54, 1.807) is 0 Å². The Hall–Kier alpha value is -2.52. The maximum Gasteiger partial charge on any atom is 0.469 e. The number of hydrogen-bond acceptors (Lipinski definition) is 6. The number of hydrogen-bond donors (Lipinski definition) is 5. The lowest BCUT2D eigenvalue weighted by Gasteiger charge is -2.19. The average molecular weight is 636 g/mol. The van der Waals surface area contributed by atoms with Crippen LogP contribution in [0.5, 0.6) is 5.75 Å². The molecule has 0 saturated carbocycles. The lowest BCUT2D eigenvalue weighted by Crippen LogP contribution is -2.39. The highest BCUT2D eigenvalue weighted by Crippen LogP contribution is 2.35. The highest BCUT2D eigenvalue weighted by atomic mass is 31.2. The van der Waals surface area contributed by atoms with Crippen molar-refractivity contribution in [3.05, 3.63) is 77.9 Å².